The third kappa shape index (κ3) is 5.75. The molecule has 29 heavy (non-hydrogen) atoms. The first-order valence-electron chi connectivity index (χ1n) is 10.3. The summed E-state index contributed by atoms with van der Waals surface area (Å²) in [6, 6.07) is 19.8. The Balaban J connectivity index is 1.26. The van der Waals surface area contributed by atoms with Gasteiger partial charge in [-0.05, 0) is 61.1 Å². The van der Waals surface area contributed by atoms with Gasteiger partial charge in [0.2, 0.25) is 0 Å². The van der Waals surface area contributed by atoms with E-state index in [1.807, 2.05) is 60.7 Å². The predicted octanol–water partition coefficient (Wildman–Crippen LogP) is 4.95. The predicted molar refractivity (Wildman–Crippen MR) is 118 cm³/mol. The molecule has 148 valence electrons. The average molecular weight is 386 g/mol. The van der Waals surface area contributed by atoms with Gasteiger partial charge < -0.3 is 10.1 Å². The molecule has 1 aromatic heterocycles. The number of nitrogens with zero attached hydrogens (tertiary/aromatic N) is 1. The Morgan fingerprint density at radius 1 is 1.03 bits per heavy atom. The first-order chi connectivity index (χ1) is 14.3. The second kappa shape index (κ2) is 9.48. The smallest absolute Gasteiger partial charge is 0.251 e. The molecule has 2 aromatic carbocycles. The molecule has 3 aromatic rings. The van der Waals surface area contributed by atoms with E-state index < -0.39 is 0 Å². The standard InChI is InChI=1S/C25H26N2O2/c28-25(26-16-3-17-29-18-20-6-7-20)22-11-8-19(9-12-22)10-14-23-15-13-21-4-1-2-5-24(21)27-23/h1-2,4-5,8-15,20H,3,6-7,16-18H2,(H,26,28). The Bertz CT molecular complexity index is 991. The molecule has 4 heteroatoms. The van der Waals surface area contributed by atoms with E-state index >= 15 is 0 Å². The van der Waals surface area contributed by atoms with Crippen LogP contribution < -0.4 is 5.32 Å². The molecule has 4 nitrogen and oxygen atoms in total. The number of fused-ring (bicyclic) bond motifs is 1. The lowest BCUT2D eigenvalue weighted by molar-refractivity contribution is 0.0937. The number of aromatic nitrogens is 1. The molecule has 0 radical (unpaired) electrons. The number of carbonyl (C=O) groups is 1. The molecule has 1 amide bonds. The number of amides is 1. The van der Waals surface area contributed by atoms with Crippen LogP contribution in [-0.2, 0) is 4.74 Å². The van der Waals surface area contributed by atoms with Gasteiger partial charge in [-0.3, -0.25) is 4.79 Å². The fraction of sp³-hybridized carbons (Fsp3) is 0.280. The second-order valence-electron chi connectivity index (χ2n) is 7.51. The molecule has 0 spiro atoms. The van der Waals surface area contributed by atoms with Gasteiger partial charge >= 0.3 is 0 Å². The monoisotopic (exact) mass is 386 g/mol. The van der Waals surface area contributed by atoms with Crippen molar-refractivity contribution in [3.63, 3.8) is 0 Å². The fourth-order valence-corrected chi connectivity index (χ4v) is 3.11. The number of ether oxygens (including phenoxy) is 1. The highest BCUT2D eigenvalue weighted by Gasteiger charge is 2.20. The molecular weight excluding hydrogens is 360 g/mol. The van der Waals surface area contributed by atoms with Crippen molar-refractivity contribution >= 4 is 29.0 Å². The Kier molecular flexibility index (Phi) is 6.32. The first-order valence-corrected chi connectivity index (χ1v) is 10.3. The van der Waals surface area contributed by atoms with Gasteiger partial charge in [-0.2, -0.15) is 0 Å². The quantitative estimate of drug-likeness (QED) is 0.529. The zero-order chi connectivity index (χ0) is 19.9. The molecule has 0 bridgehead atoms. The van der Waals surface area contributed by atoms with E-state index in [4.69, 9.17) is 4.74 Å². The van der Waals surface area contributed by atoms with Crippen molar-refractivity contribution in [2.75, 3.05) is 19.8 Å². The van der Waals surface area contributed by atoms with Crippen LogP contribution in [0.15, 0.2) is 60.7 Å². The molecular formula is C25H26N2O2. The molecule has 4 rings (SSSR count). The van der Waals surface area contributed by atoms with Crippen LogP contribution >= 0.6 is 0 Å². The summed E-state index contributed by atoms with van der Waals surface area (Å²) in [5, 5.41) is 4.08. The molecule has 1 N–H and O–H groups in total. The number of para-hydroxylation sites is 1. The van der Waals surface area contributed by atoms with Gasteiger partial charge in [0.15, 0.2) is 0 Å². The van der Waals surface area contributed by atoms with E-state index in [0.717, 1.165) is 41.1 Å². The summed E-state index contributed by atoms with van der Waals surface area (Å²) in [6.45, 7) is 2.22. The van der Waals surface area contributed by atoms with E-state index in [1.54, 1.807) is 0 Å². The van der Waals surface area contributed by atoms with Gasteiger partial charge in [-0.1, -0.05) is 42.5 Å². The third-order valence-electron chi connectivity index (χ3n) is 5.04. The maximum atomic E-state index is 12.2. The highest BCUT2D eigenvalue weighted by Crippen LogP contribution is 2.28. The SMILES string of the molecule is O=C(NCCCOCC1CC1)c1ccc(C=Cc2ccc3ccccc3n2)cc1. The lowest BCUT2D eigenvalue weighted by atomic mass is 10.1. The van der Waals surface area contributed by atoms with Gasteiger partial charge in [0.05, 0.1) is 11.2 Å². The second-order valence-corrected chi connectivity index (χ2v) is 7.51. The van der Waals surface area contributed by atoms with E-state index in [1.165, 1.54) is 12.8 Å². The fourth-order valence-electron chi connectivity index (χ4n) is 3.11. The molecule has 1 aliphatic rings. The summed E-state index contributed by atoms with van der Waals surface area (Å²) in [4.78, 5) is 16.9. The van der Waals surface area contributed by atoms with E-state index in [2.05, 4.69) is 22.4 Å². The summed E-state index contributed by atoms with van der Waals surface area (Å²) in [6.07, 6.45) is 7.46. The molecule has 0 atom stereocenters. The normalized spacial score (nSPS) is 13.8. The van der Waals surface area contributed by atoms with Crippen LogP contribution in [0.1, 0.15) is 40.9 Å². The van der Waals surface area contributed by atoms with E-state index in [0.29, 0.717) is 18.7 Å². The number of carbonyl (C=O) groups excluding carboxylic acids is 1. The van der Waals surface area contributed by atoms with Crippen molar-refractivity contribution in [3.05, 3.63) is 77.5 Å². The van der Waals surface area contributed by atoms with Crippen molar-refractivity contribution < 1.29 is 9.53 Å². The van der Waals surface area contributed by atoms with Crippen LogP contribution in [0.25, 0.3) is 23.1 Å². The number of nitrogens with one attached hydrogen (secondary N) is 1. The van der Waals surface area contributed by atoms with Crippen molar-refractivity contribution in [2.45, 2.75) is 19.3 Å². The van der Waals surface area contributed by atoms with Crippen LogP contribution in [0, 0.1) is 5.92 Å². The maximum absolute atomic E-state index is 12.2. The first kappa shape index (κ1) is 19.3. The summed E-state index contributed by atoms with van der Waals surface area (Å²) in [5.74, 6) is 0.744. The average Bonchev–Trinajstić information content (AvgIpc) is 3.59. The van der Waals surface area contributed by atoms with Crippen LogP contribution in [0.4, 0.5) is 0 Å². The number of hydrogen-bond donors (Lipinski definition) is 1. The molecule has 0 aliphatic heterocycles. The summed E-state index contributed by atoms with van der Waals surface area (Å²) >= 11 is 0. The van der Waals surface area contributed by atoms with Gasteiger partial charge in [-0.15, -0.1) is 0 Å². The summed E-state index contributed by atoms with van der Waals surface area (Å²) in [7, 11) is 0. The minimum atomic E-state index is -0.0427. The third-order valence-corrected chi connectivity index (χ3v) is 5.04. The summed E-state index contributed by atoms with van der Waals surface area (Å²) in [5.41, 5.74) is 3.60. The number of hydrogen-bond acceptors (Lipinski definition) is 3. The molecule has 1 fully saturated rings. The Hall–Kier alpha value is -2.98. The zero-order valence-corrected chi connectivity index (χ0v) is 16.5. The van der Waals surface area contributed by atoms with Crippen molar-refractivity contribution in [1.82, 2.24) is 10.3 Å². The lowest BCUT2D eigenvalue weighted by Gasteiger charge is -2.06. The highest BCUT2D eigenvalue weighted by molar-refractivity contribution is 5.94. The largest absolute Gasteiger partial charge is 0.381 e. The zero-order valence-electron chi connectivity index (χ0n) is 16.5. The minimum absolute atomic E-state index is 0.0427. The Morgan fingerprint density at radius 3 is 2.69 bits per heavy atom. The molecule has 1 aliphatic carbocycles. The number of benzene rings is 2. The Labute approximate surface area is 171 Å². The van der Waals surface area contributed by atoms with Gasteiger partial charge in [-0.25, -0.2) is 4.98 Å². The van der Waals surface area contributed by atoms with E-state index in [9.17, 15) is 4.79 Å². The van der Waals surface area contributed by atoms with Crippen LogP contribution in [0.3, 0.4) is 0 Å². The van der Waals surface area contributed by atoms with Crippen LogP contribution in [0.5, 0.6) is 0 Å². The van der Waals surface area contributed by atoms with Gasteiger partial charge in [0.1, 0.15) is 0 Å². The maximum Gasteiger partial charge on any atom is 0.251 e. The number of pyridine rings is 1. The molecule has 1 saturated carbocycles. The lowest BCUT2D eigenvalue weighted by Crippen LogP contribution is -2.25. The van der Waals surface area contributed by atoms with Crippen LogP contribution in [0.2, 0.25) is 0 Å². The molecule has 1 heterocycles. The molecule has 0 unspecified atom stereocenters. The van der Waals surface area contributed by atoms with Gasteiger partial charge in [0.25, 0.3) is 5.91 Å². The van der Waals surface area contributed by atoms with Crippen molar-refractivity contribution in [2.24, 2.45) is 5.92 Å². The van der Waals surface area contributed by atoms with Crippen molar-refractivity contribution in [1.29, 1.82) is 0 Å². The van der Waals surface area contributed by atoms with Gasteiger partial charge in [0, 0.05) is 30.7 Å². The Morgan fingerprint density at radius 2 is 1.86 bits per heavy atom. The highest BCUT2D eigenvalue weighted by atomic mass is 16.5. The van der Waals surface area contributed by atoms with E-state index in [-0.39, 0.29) is 5.91 Å². The topological polar surface area (TPSA) is 51.2 Å². The number of rotatable bonds is 9. The minimum Gasteiger partial charge on any atom is -0.381 e. The summed E-state index contributed by atoms with van der Waals surface area (Å²) < 4.78 is 5.58. The molecule has 0 saturated heterocycles. The van der Waals surface area contributed by atoms with Crippen molar-refractivity contribution in [3.8, 4) is 0 Å². The van der Waals surface area contributed by atoms with Crippen LogP contribution in [-0.4, -0.2) is 30.6 Å².